The largest absolute Gasteiger partial charge is 0.464 e. The first-order chi connectivity index (χ1) is 15.4. The van der Waals surface area contributed by atoms with Gasteiger partial charge in [0.15, 0.2) is 0 Å². The van der Waals surface area contributed by atoms with Crippen LogP contribution in [0.15, 0.2) is 0 Å². The number of nitrogens with one attached hydrogen (secondary N) is 1. The fraction of sp³-hybridized carbons (Fsp3) is 0.880. The quantitative estimate of drug-likeness (QED) is 0.145. The number of carbonyl (C=O) groups excluding carboxylic acids is 3. The van der Waals surface area contributed by atoms with Crippen molar-refractivity contribution in [2.45, 2.75) is 123 Å². The summed E-state index contributed by atoms with van der Waals surface area (Å²) in [5.41, 5.74) is -1.75. The molecule has 0 saturated carbocycles. The number of ether oxygens (including phenoxy) is 2. The highest BCUT2D eigenvalue weighted by Gasteiger charge is 2.49. The van der Waals surface area contributed by atoms with Crippen LogP contribution in [0.2, 0.25) is 0 Å². The molecule has 32 heavy (non-hydrogen) atoms. The van der Waals surface area contributed by atoms with E-state index in [1.54, 1.807) is 13.8 Å². The second-order valence-electron chi connectivity index (χ2n) is 8.45. The molecule has 7 heteroatoms. The van der Waals surface area contributed by atoms with Crippen LogP contribution < -0.4 is 5.32 Å². The van der Waals surface area contributed by atoms with Crippen LogP contribution in [0.3, 0.4) is 0 Å². The van der Waals surface area contributed by atoms with E-state index in [4.69, 9.17) is 14.6 Å². The summed E-state index contributed by atoms with van der Waals surface area (Å²) in [4.78, 5) is 36.8. The van der Waals surface area contributed by atoms with Gasteiger partial charge in [-0.3, -0.25) is 4.79 Å². The molecule has 0 bridgehead atoms. The van der Waals surface area contributed by atoms with Gasteiger partial charge >= 0.3 is 11.9 Å². The number of aliphatic hydroxyl groups excluding tert-OH is 1. The maximum absolute atomic E-state index is 12.5. The summed E-state index contributed by atoms with van der Waals surface area (Å²) in [6.07, 6.45) is 16.0. The molecule has 0 heterocycles. The Morgan fingerprint density at radius 3 is 1.31 bits per heavy atom. The highest BCUT2D eigenvalue weighted by molar-refractivity contribution is 6.07. The first kappa shape index (κ1) is 30.4. The molecule has 0 aliphatic rings. The normalized spacial score (nSPS) is 11.2. The van der Waals surface area contributed by atoms with E-state index >= 15 is 0 Å². The van der Waals surface area contributed by atoms with E-state index in [2.05, 4.69) is 5.32 Å². The molecule has 1 amide bonds. The van der Waals surface area contributed by atoms with E-state index in [0.717, 1.165) is 32.1 Å². The van der Waals surface area contributed by atoms with E-state index in [1.165, 1.54) is 58.3 Å². The Morgan fingerprint density at radius 2 is 1.00 bits per heavy atom. The van der Waals surface area contributed by atoms with Gasteiger partial charge in [-0.2, -0.15) is 0 Å². The minimum absolute atomic E-state index is 0.128. The molecule has 0 aliphatic carbocycles. The topological polar surface area (TPSA) is 102 Å². The Kier molecular flexibility index (Phi) is 19.0. The molecule has 0 spiro atoms. The van der Waals surface area contributed by atoms with Gasteiger partial charge < -0.3 is 19.9 Å². The summed E-state index contributed by atoms with van der Waals surface area (Å²) < 4.78 is 10.2. The zero-order valence-corrected chi connectivity index (χ0v) is 20.7. The SMILES string of the molecule is CCOC(=O)C(CCCCCCCCCCCCCCCCO)(NC(C)=O)C(=O)OCC. The molecule has 0 atom stereocenters. The Hall–Kier alpha value is -1.63. The first-order valence-corrected chi connectivity index (χ1v) is 12.7. The molecule has 188 valence electrons. The van der Waals surface area contributed by atoms with Crippen molar-refractivity contribution in [2.24, 2.45) is 0 Å². The third-order valence-corrected chi connectivity index (χ3v) is 5.60. The van der Waals surface area contributed by atoms with Gasteiger partial charge in [0.1, 0.15) is 0 Å². The van der Waals surface area contributed by atoms with Crippen LogP contribution in [0, 0.1) is 0 Å². The van der Waals surface area contributed by atoms with Crippen molar-refractivity contribution in [3.05, 3.63) is 0 Å². The van der Waals surface area contributed by atoms with Crippen molar-refractivity contribution in [2.75, 3.05) is 19.8 Å². The molecular formula is C25H47NO6. The molecule has 0 fully saturated rings. The van der Waals surface area contributed by atoms with Crippen LogP contribution in [0.25, 0.3) is 0 Å². The zero-order chi connectivity index (χ0) is 24.1. The van der Waals surface area contributed by atoms with E-state index in [9.17, 15) is 14.4 Å². The summed E-state index contributed by atoms with van der Waals surface area (Å²) in [7, 11) is 0. The number of esters is 2. The standard InChI is InChI=1S/C25H47NO6/c1-4-31-23(29)25(26-22(3)28,24(30)32-5-2)20-18-16-14-12-10-8-6-7-9-11-13-15-17-19-21-27/h27H,4-21H2,1-3H3,(H,26,28). The minimum Gasteiger partial charge on any atom is -0.464 e. The molecule has 0 aromatic carbocycles. The predicted octanol–water partition coefficient (Wildman–Crippen LogP) is 4.83. The number of unbranched alkanes of at least 4 members (excludes halogenated alkanes) is 13. The fourth-order valence-corrected chi connectivity index (χ4v) is 3.88. The van der Waals surface area contributed by atoms with Crippen LogP contribution in [-0.2, 0) is 23.9 Å². The van der Waals surface area contributed by atoms with E-state index < -0.39 is 23.4 Å². The number of hydrogen-bond donors (Lipinski definition) is 2. The van der Waals surface area contributed by atoms with Gasteiger partial charge in [-0.25, -0.2) is 9.59 Å². The van der Waals surface area contributed by atoms with Gasteiger partial charge in [0.05, 0.1) is 13.2 Å². The monoisotopic (exact) mass is 457 g/mol. The molecule has 2 N–H and O–H groups in total. The summed E-state index contributed by atoms with van der Waals surface area (Å²) in [6.45, 7) is 5.19. The molecule has 0 rings (SSSR count). The van der Waals surface area contributed by atoms with Gasteiger partial charge in [0.25, 0.3) is 0 Å². The molecule has 0 aromatic heterocycles. The fourth-order valence-electron chi connectivity index (χ4n) is 3.88. The maximum Gasteiger partial charge on any atom is 0.343 e. The van der Waals surface area contributed by atoms with E-state index in [1.807, 2.05) is 0 Å². The number of rotatable bonds is 21. The second kappa shape index (κ2) is 20.0. The molecule has 0 aromatic rings. The smallest absolute Gasteiger partial charge is 0.343 e. The summed E-state index contributed by atoms with van der Waals surface area (Å²) in [5, 5.41) is 11.3. The summed E-state index contributed by atoms with van der Waals surface area (Å²) in [6, 6.07) is 0. The summed E-state index contributed by atoms with van der Waals surface area (Å²) >= 11 is 0. The first-order valence-electron chi connectivity index (χ1n) is 12.7. The highest BCUT2D eigenvalue weighted by atomic mass is 16.6. The Labute approximate surface area is 195 Å². The third kappa shape index (κ3) is 13.7. The molecule has 0 saturated heterocycles. The van der Waals surface area contributed by atoms with Crippen LogP contribution in [-0.4, -0.2) is 48.3 Å². The van der Waals surface area contributed by atoms with Crippen LogP contribution in [0.1, 0.15) is 117 Å². The minimum atomic E-state index is -1.75. The van der Waals surface area contributed by atoms with Crippen molar-refractivity contribution in [3.8, 4) is 0 Å². The Morgan fingerprint density at radius 1 is 0.656 bits per heavy atom. The van der Waals surface area contributed by atoms with Crippen molar-refractivity contribution in [3.63, 3.8) is 0 Å². The van der Waals surface area contributed by atoms with Gasteiger partial charge in [-0.15, -0.1) is 0 Å². The van der Waals surface area contributed by atoms with Crippen molar-refractivity contribution in [1.29, 1.82) is 0 Å². The lowest BCUT2D eigenvalue weighted by Crippen LogP contribution is -2.61. The number of hydrogen-bond acceptors (Lipinski definition) is 6. The van der Waals surface area contributed by atoms with Crippen molar-refractivity contribution in [1.82, 2.24) is 5.32 Å². The predicted molar refractivity (Wildman–Crippen MR) is 126 cm³/mol. The number of amides is 1. The lowest BCUT2D eigenvalue weighted by atomic mass is 9.91. The number of aliphatic hydroxyl groups is 1. The molecule has 0 radical (unpaired) electrons. The van der Waals surface area contributed by atoms with Gasteiger partial charge in [0, 0.05) is 13.5 Å². The zero-order valence-electron chi connectivity index (χ0n) is 20.7. The summed E-state index contributed by atoms with van der Waals surface area (Å²) in [5.74, 6) is -1.96. The lowest BCUT2D eigenvalue weighted by Gasteiger charge is -2.29. The van der Waals surface area contributed by atoms with Crippen LogP contribution in [0.5, 0.6) is 0 Å². The average molecular weight is 458 g/mol. The number of carbonyl (C=O) groups is 3. The average Bonchev–Trinajstić information content (AvgIpc) is 2.75. The highest BCUT2D eigenvalue weighted by Crippen LogP contribution is 2.21. The Balaban J connectivity index is 4.13. The third-order valence-electron chi connectivity index (χ3n) is 5.60. The van der Waals surface area contributed by atoms with E-state index in [-0.39, 0.29) is 19.6 Å². The van der Waals surface area contributed by atoms with E-state index in [0.29, 0.717) is 13.0 Å². The Bertz CT molecular complexity index is 491. The molecule has 7 nitrogen and oxygen atoms in total. The lowest BCUT2D eigenvalue weighted by molar-refractivity contribution is -0.168. The molecule has 0 aliphatic heterocycles. The second-order valence-corrected chi connectivity index (χ2v) is 8.45. The van der Waals surface area contributed by atoms with Gasteiger partial charge in [0.2, 0.25) is 11.4 Å². The van der Waals surface area contributed by atoms with Crippen LogP contribution in [0.4, 0.5) is 0 Å². The van der Waals surface area contributed by atoms with Crippen LogP contribution >= 0.6 is 0 Å². The molecular weight excluding hydrogens is 410 g/mol. The van der Waals surface area contributed by atoms with Gasteiger partial charge in [-0.1, -0.05) is 77.0 Å². The maximum atomic E-state index is 12.5. The van der Waals surface area contributed by atoms with Crippen molar-refractivity contribution < 1.29 is 29.0 Å². The van der Waals surface area contributed by atoms with Crippen molar-refractivity contribution >= 4 is 17.8 Å². The molecule has 0 unspecified atom stereocenters. The van der Waals surface area contributed by atoms with Gasteiger partial charge in [-0.05, 0) is 33.1 Å².